The van der Waals surface area contributed by atoms with Gasteiger partial charge in [0.1, 0.15) is 17.5 Å². The normalized spacial score (nSPS) is 14.8. The maximum Gasteiger partial charge on any atom is 0.128 e. The van der Waals surface area contributed by atoms with Gasteiger partial charge in [0.25, 0.3) is 0 Å². The molecule has 1 aliphatic carbocycles. The molecule has 1 aromatic heterocycles. The Morgan fingerprint density at radius 2 is 2.15 bits per heavy atom. The number of hydrogen-bond donors (Lipinski definition) is 1. The standard InChI is InChI=1S/C15H17F2N3/c1-10-18-7-14(8-19-13-3-4-13)20(10)9-11-6-12(16)2-5-15(11)17/h2,5-7,13,19H,3-4,8-9H2,1H3. The molecule has 0 atom stereocenters. The summed E-state index contributed by atoms with van der Waals surface area (Å²) in [5.74, 6) is -0.00122. The molecule has 1 saturated carbocycles. The summed E-state index contributed by atoms with van der Waals surface area (Å²) in [6, 6.07) is 4.14. The average Bonchev–Trinajstić information content (AvgIpc) is 3.19. The highest BCUT2D eigenvalue weighted by atomic mass is 19.1. The Morgan fingerprint density at radius 3 is 2.90 bits per heavy atom. The van der Waals surface area contributed by atoms with E-state index in [4.69, 9.17) is 0 Å². The SMILES string of the molecule is Cc1ncc(CNC2CC2)n1Cc1cc(F)ccc1F. The van der Waals surface area contributed by atoms with E-state index in [1.807, 2.05) is 11.5 Å². The van der Waals surface area contributed by atoms with E-state index < -0.39 is 5.82 Å². The van der Waals surface area contributed by atoms with Gasteiger partial charge in [-0.15, -0.1) is 0 Å². The summed E-state index contributed by atoms with van der Waals surface area (Å²) < 4.78 is 28.9. The van der Waals surface area contributed by atoms with Crippen molar-refractivity contribution in [1.82, 2.24) is 14.9 Å². The molecule has 0 saturated heterocycles. The van der Waals surface area contributed by atoms with Crippen molar-refractivity contribution < 1.29 is 8.78 Å². The predicted octanol–water partition coefficient (Wildman–Crippen LogP) is 2.77. The summed E-state index contributed by atoms with van der Waals surface area (Å²) in [7, 11) is 0. The van der Waals surface area contributed by atoms with Gasteiger partial charge in [-0.1, -0.05) is 0 Å². The van der Waals surface area contributed by atoms with E-state index in [1.165, 1.54) is 25.0 Å². The highest BCUT2D eigenvalue weighted by molar-refractivity contribution is 5.20. The summed E-state index contributed by atoms with van der Waals surface area (Å²) in [6.07, 6.45) is 4.22. The van der Waals surface area contributed by atoms with E-state index in [9.17, 15) is 8.78 Å². The molecule has 3 rings (SSSR count). The van der Waals surface area contributed by atoms with Crippen molar-refractivity contribution >= 4 is 0 Å². The Bertz CT molecular complexity index is 618. The highest BCUT2D eigenvalue weighted by Gasteiger charge is 2.21. The molecule has 3 nitrogen and oxygen atoms in total. The molecular formula is C15H17F2N3. The van der Waals surface area contributed by atoms with Crippen LogP contribution in [0.25, 0.3) is 0 Å². The Labute approximate surface area is 116 Å². The molecule has 1 N–H and O–H groups in total. The van der Waals surface area contributed by atoms with Gasteiger partial charge < -0.3 is 9.88 Å². The fraction of sp³-hybridized carbons (Fsp3) is 0.400. The second kappa shape index (κ2) is 5.32. The van der Waals surface area contributed by atoms with Crippen molar-refractivity contribution in [2.75, 3.05) is 0 Å². The third-order valence-corrected chi connectivity index (χ3v) is 3.62. The third-order valence-electron chi connectivity index (χ3n) is 3.62. The van der Waals surface area contributed by atoms with E-state index in [2.05, 4.69) is 10.3 Å². The van der Waals surface area contributed by atoms with Gasteiger partial charge in [-0.3, -0.25) is 0 Å². The topological polar surface area (TPSA) is 29.9 Å². The fourth-order valence-electron chi connectivity index (χ4n) is 2.24. The van der Waals surface area contributed by atoms with Gasteiger partial charge in [0, 0.05) is 24.3 Å². The van der Waals surface area contributed by atoms with Gasteiger partial charge in [0.15, 0.2) is 0 Å². The minimum atomic E-state index is -0.420. The number of benzene rings is 1. The first-order valence-corrected chi connectivity index (χ1v) is 6.82. The molecule has 1 heterocycles. The van der Waals surface area contributed by atoms with E-state index in [1.54, 1.807) is 6.20 Å². The molecule has 0 bridgehead atoms. The lowest BCUT2D eigenvalue weighted by Crippen LogP contribution is -2.19. The van der Waals surface area contributed by atoms with Crippen LogP contribution in [0.4, 0.5) is 8.78 Å². The van der Waals surface area contributed by atoms with E-state index in [-0.39, 0.29) is 5.82 Å². The highest BCUT2D eigenvalue weighted by Crippen LogP contribution is 2.20. The zero-order valence-corrected chi connectivity index (χ0v) is 11.4. The molecule has 0 spiro atoms. The van der Waals surface area contributed by atoms with Crippen LogP contribution < -0.4 is 5.32 Å². The van der Waals surface area contributed by atoms with Crippen LogP contribution in [0.15, 0.2) is 24.4 Å². The molecular weight excluding hydrogens is 260 g/mol. The number of nitrogens with zero attached hydrogens (tertiary/aromatic N) is 2. The molecule has 1 aromatic carbocycles. The number of aryl methyl sites for hydroxylation is 1. The van der Waals surface area contributed by atoms with Crippen molar-refractivity contribution in [3.8, 4) is 0 Å². The minimum Gasteiger partial charge on any atom is -0.326 e. The van der Waals surface area contributed by atoms with Gasteiger partial charge in [-0.05, 0) is 38.0 Å². The summed E-state index contributed by atoms with van der Waals surface area (Å²) in [4.78, 5) is 4.27. The average molecular weight is 277 g/mol. The number of halogens is 2. The largest absolute Gasteiger partial charge is 0.326 e. The Morgan fingerprint density at radius 1 is 1.35 bits per heavy atom. The molecule has 20 heavy (non-hydrogen) atoms. The molecule has 2 aromatic rings. The molecule has 1 aliphatic rings. The molecule has 0 aliphatic heterocycles. The zero-order valence-electron chi connectivity index (χ0n) is 11.4. The number of rotatable bonds is 5. The lowest BCUT2D eigenvalue weighted by atomic mass is 10.2. The summed E-state index contributed by atoms with van der Waals surface area (Å²) in [5, 5.41) is 3.41. The summed E-state index contributed by atoms with van der Waals surface area (Å²) in [5.41, 5.74) is 1.34. The lowest BCUT2D eigenvalue weighted by molar-refractivity contribution is 0.565. The van der Waals surface area contributed by atoms with Gasteiger partial charge in [0.05, 0.1) is 12.2 Å². The Kier molecular flexibility index (Phi) is 3.53. The Balaban J connectivity index is 1.81. The monoisotopic (exact) mass is 277 g/mol. The van der Waals surface area contributed by atoms with Crippen LogP contribution >= 0.6 is 0 Å². The zero-order chi connectivity index (χ0) is 14.1. The van der Waals surface area contributed by atoms with Crippen LogP contribution in [-0.4, -0.2) is 15.6 Å². The summed E-state index contributed by atoms with van der Waals surface area (Å²) >= 11 is 0. The Hall–Kier alpha value is -1.75. The van der Waals surface area contributed by atoms with Crippen molar-refractivity contribution in [2.45, 2.75) is 38.9 Å². The van der Waals surface area contributed by atoms with Crippen LogP contribution in [0.2, 0.25) is 0 Å². The quantitative estimate of drug-likeness (QED) is 0.910. The predicted molar refractivity (Wildman–Crippen MR) is 72.3 cm³/mol. The van der Waals surface area contributed by atoms with Crippen molar-refractivity contribution in [2.24, 2.45) is 0 Å². The molecule has 0 radical (unpaired) electrons. The van der Waals surface area contributed by atoms with Crippen molar-refractivity contribution in [1.29, 1.82) is 0 Å². The maximum absolute atomic E-state index is 13.7. The number of hydrogen-bond acceptors (Lipinski definition) is 2. The lowest BCUT2D eigenvalue weighted by Gasteiger charge is -2.12. The van der Waals surface area contributed by atoms with Gasteiger partial charge in [0.2, 0.25) is 0 Å². The minimum absolute atomic E-state index is 0.303. The summed E-state index contributed by atoms with van der Waals surface area (Å²) in [6.45, 7) is 2.89. The third kappa shape index (κ3) is 2.88. The molecule has 106 valence electrons. The van der Waals surface area contributed by atoms with Crippen molar-refractivity contribution in [3.05, 3.63) is 53.1 Å². The molecule has 0 amide bonds. The van der Waals surface area contributed by atoms with Gasteiger partial charge >= 0.3 is 0 Å². The first-order valence-electron chi connectivity index (χ1n) is 6.82. The smallest absolute Gasteiger partial charge is 0.128 e. The maximum atomic E-state index is 13.7. The van der Waals surface area contributed by atoms with Crippen molar-refractivity contribution in [3.63, 3.8) is 0 Å². The second-order valence-corrected chi connectivity index (χ2v) is 5.27. The fourth-order valence-corrected chi connectivity index (χ4v) is 2.24. The first-order chi connectivity index (χ1) is 9.63. The molecule has 1 fully saturated rings. The first kappa shape index (κ1) is 13.2. The van der Waals surface area contributed by atoms with E-state index in [0.717, 1.165) is 17.6 Å². The molecule has 0 unspecified atom stereocenters. The van der Waals surface area contributed by atoms with E-state index in [0.29, 0.717) is 24.7 Å². The number of nitrogens with one attached hydrogen (secondary N) is 1. The van der Waals surface area contributed by atoms with Crippen LogP contribution in [0.1, 0.15) is 29.9 Å². The second-order valence-electron chi connectivity index (χ2n) is 5.27. The number of aromatic nitrogens is 2. The van der Waals surface area contributed by atoms with Crippen LogP contribution in [0.5, 0.6) is 0 Å². The molecule has 5 heteroatoms. The van der Waals surface area contributed by atoms with Crippen LogP contribution in [0.3, 0.4) is 0 Å². The van der Waals surface area contributed by atoms with Gasteiger partial charge in [-0.2, -0.15) is 0 Å². The van der Waals surface area contributed by atoms with Gasteiger partial charge in [-0.25, -0.2) is 13.8 Å². The number of imidazole rings is 1. The van der Waals surface area contributed by atoms with Crippen LogP contribution in [-0.2, 0) is 13.1 Å². The van der Waals surface area contributed by atoms with E-state index >= 15 is 0 Å². The van der Waals surface area contributed by atoms with Crippen LogP contribution in [0, 0.1) is 18.6 Å².